The van der Waals surface area contributed by atoms with E-state index in [0.717, 1.165) is 11.0 Å². The first kappa shape index (κ1) is 11.3. The molecule has 0 bridgehead atoms. The van der Waals surface area contributed by atoms with Crippen LogP contribution in [0, 0.1) is 0 Å². The zero-order valence-corrected chi connectivity index (χ0v) is 9.89. The average Bonchev–Trinajstić information content (AvgIpc) is 2.87. The molecule has 0 aromatic rings. The molecule has 2 saturated carbocycles. The molecule has 1 atom stereocenters. The summed E-state index contributed by atoms with van der Waals surface area (Å²) in [6.07, 6.45) is 7.76. The summed E-state index contributed by atoms with van der Waals surface area (Å²) >= 11 is 1.93. The molecule has 0 aliphatic heterocycles. The number of carbonyl (C=O) groups is 1. The van der Waals surface area contributed by atoms with Crippen molar-refractivity contribution in [1.29, 1.82) is 0 Å². The Bertz CT molecular complexity index is 225. The number of hydrogen-bond donors (Lipinski definition) is 2. The molecule has 0 radical (unpaired) electrons. The van der Waals surface area contributed by atoms with Crippen LogP contribution in [0.2, 0.25) is 0 Å². The van der Waals surface area contributed by atoms with E-state index in [-0.39, 0.29) is 11.9 Å². The molecule has 2 rings (SSSR count). The molecule has 15 heavy (non-hydrogen) atoms. The molecule has 86 valence electrons. The molecule has 2 fully saturated rings. The van der Waals surface area contributed by atoms with Crippen molar-refractivity contribution in [3.8, 4) is 0 Å². The molecular formula is C11H20N2OS. The van der Waals surface area contributed by atoms with Gasteiger partial charge in [0.2, 0.25) is 5.91 Å². The van der Waals surface area contributed by atoms with Crippen molar-refractivity contribution in [3.63, 3.8) is 0 Å². The summed E-state index contributed by atoms with van der Waals surface area (Å²) in [6, 6.07) is 0.453. The molecule has 3 nitrogen and oxygen atoms in total. The molecule has 0 aromatic heterocycles. The van der Waals surface area contributed by atoms with Crippen molar-refractivity contribution in [3.05, 3.63) is 0 Å². The first-order chi connectivity index (χ1) is 7.25. The summed E-state index contributed by atoms with van der Waals surface area (Å²) in [5, 5.41) is 4.09. The topological polar surface area (TPSA) is 55.1 Å². The van der Waals surface area contributed by atoms with Gasteiger partial charge in [-0.3, -0.25) is 4.79 Å². The summed E-state index contributed by atoms with van der Waals surface area (Å²) < 4.78 is 0. The second-order valence-corrected chi connectivity index (χ2v) is 5.97. The third kappa shape index (κ3) is 3.68. The summed E-state index contributed by atoms with van der Waals surface area (Å²) in [5.41, 5.74) is 5.38. The number of nitrogens with one attached hydrogen (secondary N) is 1. The summed E-state index contributed by atoms with van der Waals surface area (Å²) in [6.45, 7) is 0. The number of rotatable bonds is 6. The van der Waals surface area contributed by atoms with E-state index in [9.17, 15) is 4.79 Å². The van der Waals surface area contributed by atoms with Crippen LogP contribution in [0.15, 0.2) is 0 Å². The summed E-state index contributed by atoms with van der Waals surface area (Å²) in [4.78, 5) is 11.2. The monoisotopic (exact) mass is 228 g/mol. The summed E-state index contributed by atoms with van der Waals surface area (Å²) in [7, 11) is 0. The maximum atomic E-state index is 11.2. The van der Waals surface area contributed by atoms with E-state index in [1.54, 1.807) is 0 Å². The molecule has 0 aromatic carbocycles. The second-order valence-electron chi connectivity index (χ2n) is 4.64. The predicted molar refractivity (Wildman–Crippen MR) is 63.9 cm³/mol. The van der Waals surface area contributed by atoms with Crippen LogP contribution in [0.5, 0.6) is 0 Å². The van der Waals surface area contributed by atoms with E-state index in [2.05, 4.69) is 5.32 Å². The molecular weight excluding hydrogens is 208 g/mol. The quantitative estimate of drug-likeness (QED) is 0.720. The zero-order chi connectivity index (χ0) is 10.7. The third-order valence-electron chi connectivity index (χ3n) is 3.16. The highest BCUT2D eigenvalue weighted by molar-refractivity contribution is 8.00. The maximum absolute atomic E-state index is 11.2. The lowest BCUT2D eigenvalue weighted by Gasteiger charge is -2.16. The standard InChI is InChI=1S/C11H20N2OS/c12-11(14)10(13-8-5-6-8)7-15-9-3-1-2-4-9/h8-10,13H,1-7H2,(H2,12,14). The number of amides is 1. The van der Waals surface area contributed by atoms with Crippen LogP contribution in [-0.4, -0.2) is 29.0 Å². The fourth-order valence-electron chi connectivity index (χ4n) is 2.03. The van der Waals surface area contributed by atoms with Gasteiger partial charge >= 0.3 is 0 Å². The van der Waals surface area contributed by atoms with Gasteiger partial charge in [-0.2, -0.15) is 11.8 Å². The van der Waals surface area contributed by atoms with Crippen molar-refractivity contribution >= 4 is 17.7 Å². The number of nitrogens with two attached hydrogens (primary N) is 1. The van der Waals surface area contributed by atoms with Gasteiger partial charge in [0, 0.05) is 17.0 Å². The Morgan fingerprint density at radius 1 is 1.33 bits per heavy atom. The summed E-state index contributed by atoms with van der Waals surface area (Å²) in [5.74, 6) is 0.670. The fourth-order valence-corrected chi connectivity index (χ4v) is 3.43. The lowest BCUT2D eigenvalue weighted by molar-refractivity contribution is -0.119. The van der Waals surface area contributed by atoms with Gasteiger partial charge in [-0.15, -0.1) is 0 Å². The van der Waals surface area contributed by atoms with E-state index in [4.69, 9.17) is 5.73 Å². The van der Waals surface area contributed by atoms with E-state index in [1.165, 1.54) is 38.5 Å². The molecule has 2 aliphatic rings. The van der Waals surface area contributed by atoms with Gasteiger partial charge in [-0.25, -0.2) is 0 Å². The zero-order valence-electron chi connectivity index (χ0n) is 9.08. The van der Waals surface area contributed by atoms with Crippen LogP contribution in [0.4, 0.5) is 0 Å². The van der Waals surface area contributed by atoms with Gasteiger partial charge < -0.3 is 11.1 Å². The first-order valence-corrected chi connectivity index (χ1v) is 6.97. The maximum Gasteiger partial charge on any atom is 0.235 e. The molecule has 0 spiro atoms. The van der Waals surface area contributed by atoms with Gasteiger partial charge in [-0.1, -0.05) is 12.8 Å². The highest BCUT2D eigenvalue weighted by Gasteiger charge is 2.28. The Hall–Kier alpha value is -0.220. The van der Waals surface area contributed by atoms with Crippen LogP contribution in [0.1, 0.15) is 38.5 Å². The van der Waals surface area contributed by atoms with E-state index < -0.39 is 0 Å². The average molecular weight is 228 g/mol. The first-order valence-electron chi connectivity index (χ1n) is 5.92. The van der Waals surface area contributed by atoms with E-state index in [0.29, 0.717) is 6.04 Å². The normalized spacial score (nSPS) is 24.3. The van der Waals surface area contributed by atoms with Gasteiger partial charge in [0.25, 0.3) is 0 Å². The Morgan fingerprint density at radius 2 is 2.00 bits per heavy atom. The predicted octanol–water partition coefficient (Wildman–Crippen LogP) is 1.27. The smallest absolute Gasteiger partial charge is 0.235 e. The number of hydrogen-bond acceptors (Lipinski definition) is 3. The molecule has 1 unspecified atom stereocenters. The minimum Gasteiger partial charge on any atom is -0.368 e. The van der Waals surface area contributed by atoms with E-state index in [1.807, 2.05) is 11.8 Å². The van der Waals surface area contributed by atoms with Crippen molar-refractivity contribution in [2.75, 3.05) is 5.75 Å². The highest BCUT2D eigenvalue weighted by atomic mass is 32.2. The SMILES string of the molecule is NC(=O)C(CSC1CCCC1)NC1CC1. The minimum absolute atomic E-state index is 0.108. The second kappa shape index (κ2) is 5.21. The Balaban J connectivity index is 1.70. The van der Waals surface area contributed by atoms with Crippen molar-refractivity contribution in [1.82, 2.24) is 5.32 Å². The van der Waals surface area contributed by atoms with E-state index >= 15 is 0 Å². The lowest BCUT2D eigenvalue weighted by atomic mass is 10.3. The number of carbonyl (C=O) groups excluding carboxylic acids is 1. The lowest BCUT2D eigenvalue weighted by Crippen LogP contribution is -2.44. The van der Waals surface area contributed by atoms with Gasteiger partial charge in [0.15, 0.2) is 0 Å². The number of primary amides is 1. The Morgan fingerprint density at radius 3 is 2.53 bits per heavy atom. The fraction of sp³-hybridized carbons (Fsp3) is 0.909. The van der Waals surface area contributed by atoms with Crippen LogP contribution in [-0.2, 0) is 4.79 Å². The van der Waals surface area contributed by atoms with Crippen molar-refractivity contribution in [2.24, 2.45) is 5.73 Å². The Kier molecular flexibility index (Phi) is 3.92. The molecule has 1 amide bonds. The van der Waals surface area contributed by atoms with Crippen LogP contribution < -0.4 is 11.1 Å². The highest BCUT2D eigenvalue weighted by Crippen LogP contribution is 2.30. The third-order valence-corrected chi connectivity index (χ3v) is 4.63. The Labute approximate surface area is 95.6 Å². The molecule has 2 aliphatic carbocycles. The largest absolute Gasteiger partial charge is 0.368 e. The van der Waals surface area contributed by atoms with Crippen molar-refractivity contribution in [2.45, 2.75) is 55.9 Å². The molecule has 0 heterocycles. The van der Waals surface area contributed by atoms with Crippen LogP contribution in [0.3, 0.4) is 0 Å². The molecule has 3 N–H and O–H groups in total. The number of thioether (sulfide) groups is 1. The minimum atomic E-state index is -0.188. The van der Waals surface area contributed by atoms with Crippen molar-refractivity contribution < 1.29 is 4.79 Å². The van der Waals surface area contributed by atoms with Gasteiger partial charge in [0.1, 0.15) is 0 Å². The molecule has 0 saturated heterocycles. The molecule has 4 heteroatoms. The van der Waals surface area contributed by atoms with Gasteiger partial charge in [-0.05, 0) is 25.7 Å². The van der Waals surface area contributed by atoms with Crippen LogP contribution >= 0.6 is 11.8 Å². The van der Waals surface area contributed by atoms with Gasteiger partial charge in [0.05, 0.1) is 6.04 Å². The van der Waals surface area contributed by atoms with Crippen LogP contribution in [0.25, 0.3) is 0 Å².